The maximum absolute atomic E-state index is 14.1. The molecule has 0 radical (unpaired) electrons. The Hall–Kier alpha value is -1.69. The molecule has 100 valence electrons. The zero-order chi connectivity index (χ0) is 13.9. The molecule has 0 bridgehead atoms. The van der Waals surface area contributed by atoms with Gasteiger partial charge >= 0.3 is 0 Å². The van der Waals surface area contributed by atoms with Crippen LogP contribution < -0.4 is 5.32 Å². The number of nitrogens with one attached hydrogen (secondary N) is 1. The molecule has 0 saturated heterocycles. The summed E-state index contributed by atoms with van der Waals surface area (Å²) < 4.78 is 14.1. The van der Waals surface area contributed by atoms with E-state index in [1.165, 1.54) is 12.1 Å². The van der Waals surface area contributed by atoms with Gasteiger partial charge in [0.05, 0.1) is 16.2 Å². The zero-order valence-corrected chi connectivity index (χ0v) is 10.7. The van der Waals surface area contributed by atoms with Crippen LogP contribution in [-0.2, 0) is 6.42 Å². The average molecular weight is 256 g/mol. The molecule has 0 fully saturated rings. The summed E-state index contributed by atoms with van der Waals surface area (Å²) in [5.41, 5.74) is -0.526. The third kappa shape index (κ3) is 3.40. The molecule has 6 heteroatoms. The van der Waals surface area contributed by atoms with Gasteiger partial charge in [-0.3, -0.25) is 10.1 Å². The smallest absolute Gasteiger partial charge is 0.275 e. The van der Waals surface area contributed by atoms with Crippen LogP contribution in [0, 0.1) is 15.9 Å². The predicted molar refractivity (Wildman–Crippen MR) is 67.2 cm³/mol. The van der Waals surface area contributed by atoms with E-state index < -0.39 is 10.7 Å². The first-order valence-electron chi connectivity index (χ1n) is 5.61. The second-order valence-corrected chi connectivity index (χ2v) is 5.03. The Morgan fingerprint density at radius 1 is 1.44 bits per heavy atom. The Morgan fingerprint density at radius 2 is 2.06 bits per heavy atom. The molecule has 1 aromatic rings. The zero-order valence-electron chi connectivity index (χ0n) is 10.7. The van der Waals surface area contributed by atoms with Crippen LogP contribution in [0.5, 0.6) is 0 Å². The first-order valence-corrected chi connectivity index (χ1v) is 5.61. The Labute approximate surface area is 105 Å². The average Bonchev–Trinajstić information content (AvgIpc) is 2.22. The van der Waals surface area contributed by atoms with E-state index in [4.69, 9.17) is 5.11 Å². The fourth-order valence-electron chi connectivity index (χ4n) is 1.63. The summed E-state index contributed by atoms with van der Waals surface area (Å²) in [6.45, 7) is 5.25. The molecule has 0 atom stereocenters. The second kappa shape index (κ2) is 5.30. The molecule has 0 saturated carbocycles. The standard InChI is InChI=1S/C12H17FN2O3/c1-12(2,3)14-9-4-5-10(15(17)18)8(6-7-16)11(9)13/h4-5,14,16H,6-7H2,1-3H3. The minimum Gasteiger partial charge on any atom is -0.396 e. The number of halogens is 1. The summed E-state index contributed by atoms with van der Waals surface area (Å²) in [7, 11) is 0. The molecule has 0 aliphatic rings. The molecule has 0 aromatic heterocycles. The summed E-state index contributed by atoms with van der Waals surface area (Å²) in [6.07, 6.45) is -0.0815. The van der Waals surface area contributed by atoms with E-state index in [-0.39, 0.29) is 35.5 Å². The minimum absolute atomic E-state index is 0.0725. The number of hydrogen-bond acceptors (Lipinski definition) is 4. The van der Waals surface area contributed by atoms with Gasteiger partial charge in [0.1, 0.15) is 0 Å². The largest absolute Gasteiger partial charge is 0.396 e. The highest BCUT2D eigenvalue weighted by molar-refractivity contribution is 5.56. The minimum atomic E-state index is -0.673. The second-order valence-electron chi connectivity index (χ2n) is 5.03. The van der Waals surface area contributed by atoms with Gasteiger partial charge in [0.2, 0.25) is 0 Å². The van der Waals surface area contributed by atoms with E-state index in [1.807, 2.05) is 20.8 Å². The van der Waals surface area contributed by atoms with Gasteiger partial charge in [-0.25, -0.2) is 4.39 Å². The Bertz CT molecular complexity index is 455. The lowest BCUT2D eigenvalue weighted by atomic mass is 10.0. The lowest BCUT2D eigenvalue weighted by Gasteiger charge is -2.23. The number of aliphatic hydroxyl groups excluding tert-OH is 1. The van der Waals surface area contributed by atoms with Gasteiger partial charge in [0.25, 0.3) is 5.69 Å². The summed E-state index contributed by atoms with van der Waals surface area (Å²) >= 11 is 0. The molecule has 0 heterocycles. The van der Waals surface area contributed by atoms with Gasteiger partial charge in [-0.1, -0.05) is 0 Å². The van der Waals surface area contributed by atoms with Gasteiger partial charge in [0.15, 0.2) is 5.82 Å². The fraction of sp³-hybridized carbons (Fsp3) is 0.500. The molecule has 0 spiro atoms. The Balaban J connectivity index is 3.25. The lowest BCUT2D eigenvalue weighted by molar-refractivity contribution is -0.385. The molecule has 5 nitrogen and oxygen atoms in total. The van der Waals surface area contributed by atoms with Crippen LogP contribution in [0.25, 0.3) is 0 Å². The van der Waals surface area contributed by atoms with E-state index in [9.17, 15) is 14.5 Å². The number of rotatable bonds is 4. The molecule has 1 aromatic carbocycles. The summed E-state index contributed by atoms with van der Waals surface area (Å²) in [5.74, 6) is -0.673. The van der Waals surface area contributed by atoms with Crippen LogP contribution >= 0.6 is 0 Å². The van der Waals surface area contributed by atoms with E-state index in [0.29, 0.717) is 0 Å². The number of hydrogen-bond donors (Lipinski definition) is 2. The Morgan fingerprint density at radius 3 is 2.50 bits per heavy atom. The van der Waals surface area contributed by atoms with Crippen LogP contribution in [-0.4, -0.2) is 22.2 Å². The summed E-state index contributed by atoms with van der Waals surface area (Å²) in [5, 5.41) is 22.6. The fourth-order valence-corrected chi connectivity index (χ4v) is 1.63. The molecule has 1 rings (SSSR count). The topological polar surface area (TPSA) is 75.4 Å². The molecule has 0 aliphatic heterocycles. The number of nitro benzene ring substituents is 1. The van der Waals surface area contributed by atoms with E-state index in [1.54, 1.807) is 0 Å². The van der Waals surface area contributed by atoms with Crippen molar-refractivity contribution in [2.75, 3.05) is 11.9 Å². The van der Waals surface area contributed by atoms with Gasteiger partial charge in [-0.15, -0.1) is 0 Å². The highest BCUT2D eigenvalue weighted by Gasteiger charge is 2.22. The van der Waals surface area contributed by atoms with Crippen molar-refractivity contribution < 1.29 is 14.4 Å². The summed E-state index contributed by atoms with van der Waals surface area (Å²) in [6, 6.07) is 2.60. The molecule has 2 N–H and O–H groups in total. The molecule has 0 unspecified atom stereocenters. The quantitative estimate of drug-likeness (QED) is 0.641. The molecular formula is C12H17FN2O3. The number of nitrogens with zero attached hydrogens (tertiary/aromatic N) is 1. The number of nitro groups is 1. The maximum atomic E-state index is 14.1. The van der Waals surface area contributed by atoms with Crippen molar-refractivity contribution in [2.45, 2.75) is 32.7 Å². The molecule has 18 heavy (non-hydrogen) atoms. The van der Waals surface area contributed by atoms with Gasteiger partial charge < -0.3 is 10.4 Å². The van der Waals surface area contributed by atoms with Gasteiger partial charge in [-0.05, 0) is 26.8 Å². The molecule has 0 aliphatic carbocycles. The number of aliphatic hydroxyl groups is 1. The van der Waals surface area contributed by atoms with Crippen molar-refractivity contribution in [3.8, 4) is 0 Å². The van der Waals surface area contributed by atoms with Crippen molar-refractivity contribution >= 4 is 11.4 Å². The van der Waals surface area contributed by atoms with Crippen LogP contribution in [0.3, 0.4) is 0 Å². The molecule has 0 amide bonds. The van der Waals surface area contributed by atoms with Crippen molar-refractivity contribution in [1.29, 1.82) is 0 Å². The molecular weight excluding hydrogens is 239 g/mol. The highest BCUT2D eigenvalue weighted by atomic mass is 19.1. The first-order chi connectivity index (χ1) is 8.26. The van der Waals surface area contributed by atoms with Crippen molar-refractivity contribution in [3.63, 3.8) is 0 Å². The van der Waals surface area contributed by atoms with Gasteiger partial charge in [0, 0.05) is 24.6 Å². The van der Waals surface area contributed by atoms with Gasteiger partial charge in [-0.2, -0.15) is 0 Å². The number of benzene rings is 1. The van der Waals surface area contributed by atoms with Crippen LogP contribution in [0.4, 0.5) is 15.8 Å². The van der Waals surface area contributed by atoms with Crippen LogP contribution in [0.2, 0.25) is 0 Å². The predicted octanol–water partition coefficient (Wildman–Crippen LogP) is 2.48. The van der Waals surface area contributed by atoms with Crippen LogP contribution in [0.15, 0.2) is 12.1 Å². The monoisotopic (exact) mass is 256 g/mol. The maximum Gasteiger partial charge on any atom is 0.275 e. The van der Waals surface area contributed by atoms with Crippen LogP contribution in [0.1, 0.15) is 26.3 Å². The van der Waals surface area contributed by atoms with E-state index in [0.717, 1.165) is 0 Å². The highest BCUT2D eigenvalue weighted by Crippen LogP contribution is 2.29. The Kier molecular flexibility index (Phi) is 4.24. The SMILES string of the molecule is CC(C)(C)Nc1ccc([N+](=O)[O-])c(CCO)c1F. The van der Waals surface area contributed by atoms with E-state index >= 15 is 0 Å². The first kappa shape index (κ1) is 14.4. The lowest BCUT2D eigenvalue weighted by Crippen LogP contribution is -2.27. The third-order valence-electron chi connectivity index (χ3n) is 2.29. The normalized spacial score (nSPS) is 11.4. The number of anilines is 1. The van der Waals surface area contributed by atoms with Crippen molar-refractivity contribution in [2.24, 2.45) is 0 Å². The van der Waals surface area contributed by atoms with Crippen molar-refractivity contribution in [3.05, 3.63) is 33.6 Å². The van der Waals surface area contributed by atoms with E-state index in [2.05, 4.69) is 5.32 Å². The van der Waals surface area contributed by atoms with Crippen molar-refractivity contribution in [1.82, 2.24) is 0 Å². The third-order valence-corrected chi connectivity index (χ3v) is 2.29. The summed E-state index contributed by atoms with van der Waals surface area (Å²) in [4.78, 5) is 10.1.